The Labute approximate surface area is 163 Å². The first-order valence-corrected chi connectivity index (χ1v) is 9.63. The summed E-state index contributed by atoms with van der Waals surface area (Å²) in [6.45, 7) is 7.96. The van der Waals surface area contributed by atoms with Crippen LogP contribution in [0.3, 0.4) is 0 Å². The summed E-state index contributed by atoms with van der Waals surface area (Å²) in [4.78, 5) is 23.7. The van der Waals surface area contributed by atoms with Crippen molar-refractivity contribution in [3.8, 4) is 11.3 Å². The number of aryl methyl sites for hydroxylation is 2. The van der Waals surface area contributed by atoms with Gasteiger partial charge in [0.05, 0.1) is 28.7 Å². The number of hydrogen-bond donors (Lipinski definition) is 0. The first kappa shape index (κ1) is 18.3. The van der Waals surface area contributed by atoms with Crippen molar-refractivity contribution in [2.24, 2.45) is 0 Å². The van der Waals surface area contributed by atoms with Gasteiger partial charge in [0.2, 0.25) is 0 Å². The van der Waals surface area contributed by atoms with Crippen LogP contribution in [0.2, 0.25) is 0 Å². The average Bonchev–Trinajstić information content (AvgIpc) is 3.33. The van der Waals surface area contributed by atoms with Crippen LogP contribution in [-0.2, 0) is 6.54 Å². The number of likely N-dealkylation sites (tertiary alicyclic amines) is 1. The molecule has 4 rings (SSSR count). The van der Waals surface area contributed by atoms with Gasteiger partial charge in [0.1, 0.15) is 6.33 Å². The number of carbonyl (C=O) groups excluding carboxylic acids is 1. The van der Waals surface area contributed by atoms with Crippen LogP contribution in [0.4, 0.5) is 0 Å². The van der Waals surface area contributed by atoms with Crippen LogP contribution in [0.1, 0.15) is 53.1 Å². The minimum Gasteiger partial charge on any atom is -0.356 e. The van der Waals surface area contributed by atoms with Crippen molar-refractivity contribution in [1.29, 1.82) is 0 Å². The zero-order chi connectivity index (χ0) is 19.7. The second-order valence-corrected chi connectivity index (χ2v) is 7.20. The largest absolute Gasteiger partial charge is 0.356 e. The molecule has 0 N–H and O–H groups in total. The summed E-state index contributed by atoms with van der Waals surface area (Å²) in [7, 11) is 0. The van der Waals surface area contributed by atoms with Crippen LogP contribution in [0, 0.1) is 13.8 Å². The Morgan fingerprint density at radius 2 is 2.18 bits per heavy atom. The van der Waals surface area contributed by atoms with Gasteiger partial charge >= 0.3 is 0 Å². The van der Waals surface area contributed by atoms with E-state index in [0.29, 0.717) is 17.9 Å². The minimum atomic E-state index is 0.0352. The first-order chi connectivity index (χ1) is 13.6. The van der Waals surface area contributed by atoms with Crippen molar-refractivity contribution >= 4 is 5.91 Å². The molecule has 28 heavy (non-hydrogen) atoms. The number of piperidine rings is 1. The van der Waals surface area contributed by atoms with E-state index in [4.69, 9.17) is 4.52 Å². The summed E-state index contributed by atoms with van der Waals surface area (Å²) in [5.41, 5.74) is 4.15. The molecule has 1 aliphatic heterocycles. The van der Waals surface area contributed by atoms with E-state index in [1.54, 1.807) is 18.7 Å². The van der Waals surface area contributed by atoms with E-state index >= 15 is 0 Å². The fraction of sp³-hybridized carbons (Fsp3) is 0.450. The zero-order valence-corrected chi connectivity index (χ0v) is 16.4. The molecule has 1 saturated heterocycles. The van der Waals surface area contributed by atoms with E-state index in [0.717, 1.165) is 48.6 Å². The molecule has 3 aromatic heterocycles. The summed E-state index contributed by atoms with van der Waals surface area (Å²) < 4.78 is 7.29. The number of nitrogens with zero attached hydrogens (tertiary/aromatic N) is 6. The van der Waals surface area contributed by atoms with Crippen LogP contribution >= 0.6 is 0 Å². The lowest BCUT2D eigenvalue weighted by Gasteiger charge is -2.33. The Morgan fingerprint density at radius 1 is 1.32 bits per heavy atom. The molecular formula is C20H24N6O2. The lowest BCUT2D eigenvalue weighted by Crippen LogP contribution is -2.39. The first-order valence-electron chi connectivity index (χ1n) is 9.63. The molecule has 0 saturated carbocycles. The maximum atomic E-state index is 13.1. The molecule has 0 bridgehead atoms. The van der Waals surface area contributed by atoms with Gasteiger partial charge in [-0.2, -0.15) is 5.10 Å². The van der Waals surface area contributed by atoms with Gasteiger partial charge < -0.3 is 9.42 Å². The van der Waals surface area contributed by atoms with Crippen LogP contribution in [0.15, 0.2) is 29.3 Å². The number of amides is 1. The van der Waals surface area contributed by atoms with Gasteiger partial charge in [-0.25, -0.2) is 9.97 Å². The van der Waals surface area contributed by atoms with Crippen LogP contribution in [0.25, 0.3) is 11.3 Å². The summed E-state index contributed by atoms with van der Waals surface area (Å²) in [5, 5.41) is 8.29. The smallest absolute Gasteiger partial charge is 0.257 e. The summed E-state index contributed by atoms with van der Waals surface area (Å²) in [6.07, 6.45) is 6.89. The zero-order valence-electron chi connectivity index (χ0n) is 16.4. The molecule has 8 heteroatoms. The third kappa shape index (κ3) is 3.30. The van der Waals surface area contributed by atoms with Crippen LogP contribution in [-0.4, -0.2) is 48.8 Å². The maximum Gasteiger partial charge on any atom is 0.257 e. The fourth-order valence-corrected chi connectivity index (χ4v) is 3.88. The second-order valence-electron chi connectivity index (χ2n) is 7.20. The normalized spacial score (nSPS) is 17.1. The molecule has 4 heterocycles. The van der Waals surface area contributed by atoms with E-state index in [-0.39, 0.29) is 11.8 Å². The molecule has 0 aromatic carbocycles. The Morgan fingerprint density at radius 3 is 2.89 bits per heavy atom. The molecule has 1 atom stereocenters. The Balaban J connectivity index is 1.59. The van der Waals surface area contributed by atoms with Crippen LogP contribution < -0.4 is 0 Å². The average molecular weight is 380 g/mol. The number of hydrogen-bond acceptors (Lipinski definition) is 6. The van der Waals surface area contributed by atoms with Gasteiger partial charge in [-0.1, -0.05) is 5.16 Å². The highest BCUT2D eigenvalue weighted by atomic mass is 16.5. The van der Waals surface area contributed by atoms with Crippen molar-refractivity contribution in [3.63, 3.8) is 0 Å². The third-order valence-electron chi connectivity index (χ3n) is 5.36. The molecule has 0 spiro atoms. The third-order valence-corrected chi connectivity index (χ3v) is 5.36. The van der Waals surface area contributed by atoms with Gasteiger partial charge in [-0.15, -0.1) is 0 Å². The Kier molecular flexibility index (Phi) is 4.93. The van der Waals surface area contributed by atoms with E-state index in [2.05, 4.69) is 20.2 Å². The Bertz CT molecular complexity index is 992. The van der Waals surface area contributed by atoms with Gasteiger partial charge in [0.15, 0.2) is 5.76 Å². The summed E-state index contributed by atoms with van der Waals surface area (Å²) >= 11 is 0. The SMILES string of the molecule is CCn1ncc(C(=O)N2CCC[C@H](c3ncncc3-c3cc(C)no3)C2)c1C. The maximum absolute atomic E-state index is 13.1. The van der Waals surface area contributed by atoms with Crippen molar-refractivity contribution in [3.05, 3.63) is 47.4 Å². The van der Waals surface area contributed by atoms with E-state index in [1.807, 2.05) is 36.4 Å². The van der Waals surface area contributed by atoms with Gasteiger partial charge in [-0.05, 0) is 33.6 Å². The topological polar surface area (TPSA) is 89.9 Å². The van der Waals surface area contributed by atoms with Gasteiger partial charge in [-0.3, -0.25) is 9.48 Å². The number of aromatic nitrogens is 5. The summed E-state index contributed by atoms with van der Waals surface area (Å²) in [5.74, 6) is 0.826. The van der Waals surface area contributed by atoms with Crippen molar-refractivity contribution in [2.45, 2.75) is 46.1 Å². The highest BCUT2D eigenvalue weighted by Crippen LogP contribution is 2.33. The van der Waals surface area contributed by atoms with Crippen molar-refractivity contribution < 1.29 is 9.32 Å². The number of carbonyl (C=O) groups is 1. The molecule has 1 aliphatic rings. The lowest BCUT2D eigenvalue weighted by atomic mass is 9.91. The summed E-state index contributed by atoms with van der Waals surface area (Å²) in [6, 6.07) is 1.89. The predicted molar refractivity (Wildman–Crippen MR) is 103 cm³/mol. The van der Waals surface area contributed by atoms with E-state index in [1.165, 1.54) is 0 Å². The van der Waals surface area contributed by atoms with Crippen molar-refractivity contribution in [2.75, 3.05) is 13.1 Å². The molecule has 0 unspecified atom stereocenters. The molecular weight excluding hydrogens is 356 g/mol. The monoisotopic (exact) mass is 380 g/mol. The van der Waals surface area contributed by atoms with E-state index < -0.39 is 0 Å². The number of rotatable bonds is 4. The molecule has 0 aliphatic carbocycles. The minimum absolute atomic E-state index is 0.0352. The van der Waals surface area contributed by atoms with Gasteiger partial charge in [0.25, 0.3) is 5.91 Å². The predicted octanol–water partition coefficient (Wildman–Crippen LogP) is 2.98. The highest BCUT2D eigenvalue weighted by molar-refractivity contribution is 5.95. The van der Waals surface area contributed by atoms with Crippen molar-refractivity contribution in [1.82, 2.24) is 29.8 Å². The Hall–Kier alpha value is -3.03. The second kappa shape index (κ2) is 7.53. The molecule has 146 valence electrons. The van der Waals surface area contributed by atoms with Crippen LogP contribution in [0.5, 0.6) is 0 Å². The standard InChI is InChI=1S/C20H24N6O2/c1-4-26-14(3)16(10-23-26)20(27)25-7-5-6-15(11-25)19-17(9-21-12-22-19)18-8-13(2)24-28-18/h8-10,12,15H,4-7,11H2,1-3H3/t15-/m0/s1. The molecule has 1 amide bonds. The molecule has 0 radical (unpaired) electrons. The highest BCUT2D eigenvalue weighted by Gasteiger charge is 2.30. The van der Waals surface area contributed by atoms with E-state index in [9.17, 15) is 4.79 Å². The van der Waals surface area contributed by atoms with Gasteiger partial charge in [0, 0.05) is 43.5 Å². The molecule has 8 nitrogen and oxygen atoms in total. The molecule has 3 aromatic rings. The lowest BCUT2D eigenvalue weighted by molar-refractivity contribution is 0.0705. The quantitative estimate of drug-likeness (QED) is 0.691. The fourth-order valence-electron chi connectivity index (χ4n) is 3.88. The molecule has 1 fully saturated rings.